The molecule has 0 saturated carbocycles. The normalized spacial score (nSPS) is 13.1. The van der Waals surface area contributed by atoms with Crippen molar-refractivity contribution in [3.63, 3.8) is 0 Å². The van der Waals surface area contributed by atoms with E-state index < -0.39 is 0 Å². The zero-order valence-electron chi connectivity index (χ0n) is 11.7. The molecule has 0 fully saturated rings. The lowest BCUT2D eigenvalue weighted by molar-refractivity contribution is 0.347. The van der Waals surface area contributed by atoms with Gasteiger partial charge in [0.25, 0.3) is 0 Å². The Balaban J connectivity index is 2.41. The Hall–Kier alpha value is -0.510. The molecule has 1 aromatic rings. The molecule has 0 aliphatic heterocycles. The molecule has 0 aromatic carbocycles. The molecular weight excluding hydrogens is 230 g/mol. The first-order valence-corrected chi connectivity index (χ1v) is 6.72. The molecule has 0 radical (unpaired) electrons. The summed E-state index contributed by atoms with van der Waals surface area (Å²) in [5.41, 5.74) is 1.43. The maximum Gasteiger partial charge on any atom is 0.0840 e. The second-order valence-electron chi connectivity index (χ2n) is 6.63. The summed E-state index contributed by atoms with van der Waals surface area (Å²) < 4.78 is 1.92. The average molecular weight is 255 g/mol. The summed E-state index contributed by atoms with van der Waals surface area (Å²) in [4.78, 5) is 0. The number of thiol groups is 1. The Bertz CT molecular complexity index is 344. The fraction of sp³-hybridized carbons (Fsp3) is 0.846. The van der Waals surface area contributed by atoms with Crippen LogP contribution in [-0.4, -0.2) is 19.7 Å². The topological polar surface area (TPSA) is 30.7 Å². The van der Waals surface area contributed by atoms with E-state index in [1.165, 1.54) is 6.42 Å². The Morgan fingerprint density at radius 2 is 1.88 bits per heavy atom. The zero-order valence-corrected chi connectivity index (χ0v) is 12.6. The molecule has 0 spiro atoms. The second-order valence-corrected chi connectivity index (χ2v) is 7.84. The predicted molar refractivity (Wildman–Crippen MR) is 75.5 cm³/mol. The van der Waals surface area contributed by atoms with Gasteiger partial charge in [0, 0.05) is 23.9 Å². The molecule has 0 unspecified atom stereocenters. The van der Waals surface area contributed by atoms with Crippen molar-refractivity contribution in [2.75, 3.05) is 0 Å². The van der Waals surface area contributed by atoms with E-state index in [1.807, 2.05) is 10.9 Å². The smallest absolute Gasteiger partial charge is 0.0840 e. The Morgan fingerprint density at radius 3 is 2.41 bits per heavy atom. The van der Waals surface area contributed by atoms with Crippen LogP contribution in [0.25, 0.3) is 0 Å². The van der Waals surface area contributed by atoms with Crippen LogP contribution in [0.3, 0.4) is 0 Å². The third kappa shape index (κ3) is 6.71. The van der Waals surface area contributed by atoms with Gasteiger partial charge in [-0.1, -0.05) is 39.8 Å². The maximum atomic E-state index is 4.51. The quantitative estimate of drug-likeness (QED) is 0.818. The van der Waals surface area contributed by atoms with E-state index in [0.717, 1.165) is 25.1 Å². The molecule has 1 heterocycles. The second kappa shape index (κ2) is 5.42. The molecule has 0 aliphatic carbocycles. The number of rotatable bonds is 5. The SMILES string of the molecule is CC(C)(C)CCCn1cc(CC(C)(C)S)nn1. The van der Waals surface area contributed by atoms with Crippen molar-refractivity contribution in [1.82, 2.24) is 15.0 Å². The molecule has 4 heteroatoms. The van der Waals surface area contributed by atoms with E-state index in [9.17, 15) is 0 Å². The van der Waals surface area contributed by atoms with Gasteiger partial charge in [0.05, 0.1) is 5.69 Å². The standard InChI is InChI=1S/C13H25N3S/c1-12(2,3)7-6-8-16-10-11(14-15-16)9-13(4,5)17/h10,17H,6-9H2,1-5H3. The van der Waals surface area contributed by atoms with Crippen LogP contribution in [0.4, 0.5) is 0 Å². The first-order chi connectivity index (χ1) is 7.66. The van der Waals surface area contributed by atoms with Gasteiger partial charge in [0.1, 0.15) is 0 Å². The lowest BCUT2D eigenvalue weighted by atomic mass is 9.91. The molecule has 0 N–H and O–H groups in total. The van der Waals surface area contributed by atoms with Crippen molar-refractivity contribution in [2.45, 2.75) is 65.2 Å². The Morgan fingerprint density at radius 1 is 1.24 bits per heavy atom. The van der Waals surface area contributed by atoms with Gasteiger partial charge < -0.3 is 0 Å². The van der Waals surface area contributed by atoms with Crippen molar-refractivity contribution >= 4 is 12.6 Å². The van der Waals surface area contributed by atoms with Gasteiger partial charge in [0.15, 0.2) is 0 Å². The summed E-state index contributed by atoms with van der Waals surface area (Å²) >= 11 is 4.51. The van der Waals surface area contributed by atoms with Crippen LogP contribution in [0.15, 0.2) is 6.20 Å². The number of hydrogen-bond donors (Lipinski definition) is 1. The summed E-state index contributed by atoms with van der Waals surface area (Å²) in [7, 11) is 0. The Kier molecular flexibility index (Phi) is 4.64. The molecule has 0 atom stereocenters. The van der Waals surface area contributed by atoms with Gasteiger partial charge in [-0.25, -0.2) is 0 Å². The van der Waals surface area contributed by atoms with Crippen molar-refractivity contribution in [3.8, 4) is 0 Å². The number of hydrogen-bond acceptors (Lipinski definition) is 3. The summed E-state index contributed by atoms with van der Waals surface area (Å²) in [5, 5.41) is 8.33. The molecule has 1 rings (SSSR count). The molecule has 3 nitrogen and oxygen atoms in total. The van der Waals surface area contributed by atoms with E-state index in [-0.39, 0.29) is 4.75 Å². The van der Waals surface area contributed by atoms with Crippen LogP contribution < -0.4 is 0 Å². The van der Waals surface area contributed by atoms with Crippen molar-refractivity contribution < 1.29 is 0 Å². The molecule has 0 bridgehead atoms. The maximum absolute atomic E-state index is 4.51. The number of aromatic nitrogens is 3. The van der Waals surface area contributed by atoms with Gasteiger partial charge in [-0.3, -0.25) is 4.68 Å². The molecular formula is C13H25N3S. The third-order valence-corrected chi connectivity index (χ3v) is 2.67. The van der Waals surface area contributed by atoms with Crippen molar-refractivity contribution in [2.24, 2.45) is 5.41 Å². The lowest BCUT2D eigenvalue weighted by Crippen LogP contribution is -2.14. The molecule has 17 heavy (non-hydrogen) atoms. The fourth-order valence-corrected chi connectivity index (χ4v) is 1.91. The van der Waals surface area contributed by atoms with E-state index in [4.69, 9.17) is 0 Å². The van der Waals surface area contributed by atoms with Crippen LogP contribution >= 0.6 is 12.6 Å². The summed E-state index contributed by atoms with van der Waals surface area (Å²) in [6, 6.07) is 0. The third-order valence-electron chi connectivity index (χ3n) is 2.51. The van der Waals surface area contributed by atoms with E-state index >= 15 is 0 Å². The van der Waals surface area contributed by atoms with Gasteiger partial charge in [0.2, 0.25) is 0 Å². The minimum Gasteiger partial charge on any atom is -0.252 e. The molecule has 0 amide bonds. The highest BCUT2D eigenvalue weighted by atomic mass is 32.1. The van der Waals surface area contributed by atoms with Crippen LogP contribution in [0, 0.1) is 5.41 Å². The van der Waals surface area contributed by atoms with Crippen LogP contribution in [0.2, 0.25) is 0 Å². The van der Waals surface area contributed by atoms with E-state index in [0.29, 0.717) is 5.41 Å². The lowest BCUT2D eigenvalue weighted by Gasteiger charge is -2.17. The largest absolute Gasteiger partial charge is 0.252 e. The van der Waals surface area contributed by atoms with Crippen LogP contribution in [-0.2, 0) is 13.0 Å². The highest BCUT2D eigenvalue weighted by Gasteiger charge is 2.15. The van der Waals surface area contributed by atoms with Crippen molar-refractivity contribution in [3.05, 3.63) is 11.9 Å². The highest BCUT2D eigenvalue weighted by Crippen LogP contribution is 2.21. The van der Waals surface area contributed by atoms with Gasteiger partial charge >= 0.3 is 0 Å². The molecule has 0 saturated heterocycles. The molecule has 0 aliphatic rings. The highest BCUT2D eigenvalue weighted by molar-refractivity contribution is 7.81. The number of nitrogens with zero attached hydrogens (tertiary/aromatic N) is 3. The first kappa shape index (κ1) is 14.6. The van der Waals surface area contributed by atoms with E-state index in [2.05, 4.69) is 57.6 Å². The summed E-state index contributed by atoms with van der Waals surface area (Å²) in [5.74, 6) is 0. The van der Waals surface area contributed by atoms with Crippen LogP contribution in [0.1, 0.15) is 53.2 Å². The predicted octanol–water partition coefficient (Wildman–Crippen LogP) is 3.36. The Labute approximate surface area is 110 Å². The van der Waals surface area contributed by atoms with E-state index in [1.54, 1.807) is 0 Å². The van der Waals surface area contributed by atoms with Crippen LogP contribution in [0.5, 0.6) is 0 Å². The average Bonchev–Trinajstić information content (AvgIpc) is 2.46. The van der Waals surface area contributed by atoms with Gasteiger partial charge in [-0.15, -0.1) is 5.10 Å². The first-order valence-electron chi connectivity index (χ1n) is 6.27. The van der Waals surface area contributed by atoms with Crippen molar-refractivity contribution in [1.29, 1.82) is 0 Å². The zero-order chi connectivity index (χ0) is 13.1. The number of aryl methyl sites for hydroxylation is 1. The fourth-order valence-electron chi connectivity index (χ4n) is 1.74. The molecule has 1 aromatic heterocycles. The van der Waals surface area contributed by atoms with Gasteiger partial charge in [-0.2, -0.15) is 12.6 Å². The minimum atomic E-state index is -0.0216. The monoisotopic (exact) mass is 255 g/mol. The van der Waals surface area contributed by atoms with Gasteiger partial charge in [-0.05, 0) is 18.3 Å². The minimum absolute atomic E-state index is 0.0216. The summed E-state index contributed by atoms with van der Waals surface area (Å²) in [6.45, 7) is 11.9. The molecule has 98 valence electrons. The summed E-state index contributed by atoms with van der Waals surface area (Å²) in [6.07, 6.45) is 5.26.